The molecule has 1 atom stereocenters. The van der Waals surface area contributed by atoms with Crippen LogP contribution in [0.3, 0.4) is 0 Å². The molecule has 1 rings (SSSR count). The fourth-order valence-electron chi connectivity index (χ4n) is 1.45. The van der Waals surface area contributed by atoms with E-state index in [2.05, 4.69) is 19.2 Å². The van der Waals surface area contributed by atoms with Crippen molar-refractivity contribution >= 4 is 23.4 Å². The topological polar surface area (TPSA) is 55.1 Å². The molecule has 0 aromatic heterocycles. The van der Waals surface area contributed by atoms with Gasteiger partial charge in [-0.15, -0.1) is 11.8 Å². The maximum Gasteiger partial charge on any atom is 0.221 e. The highest BCUT2D eigenvalue weighted by Gasteiger charge is 2.12. The lowest BCUT2D eigenvalue weighted by Crippen LogP contribution is -2.22. The molecular weight excluding hydrogens is 232 g/mol. The van der Waals surface area contributed by atoms with Gasteiger partial charge in [0.05, 0.1) is 0 Å². The van der Waals surface area contributed by atoms with Crippen molar-refractivity contribution in [3.8, 4) is 0 Å². The van der Waals surface area contributed by atoms with E-state index in [9.17, 15) is 4.79 Å². The van der Waals surface area contributed by atoms with Crippen molar-refractivity contribution in [2.45, 2.75) is 30.9 Å². The van der Waals surface area contributed by atoms with E-state index in [1.54, 1.807) is 11.8 Å². The SMILES string of the molecule is CC(=O)Nc1ccc(SC(CN)C(C)C)cc1. The first-order valence-corrected chi connectivity index (χ1v) is 6.65. The van der Waals surface area contributed by atoms with Crippen LogP contribution in [-0.4, -0.2) is 17.7 Å². The van der Waals surface area contributed by atoms with Crippen molar-refractivity contribution in [1.82, 2.24) is 0 Å². The third-order valence-corrected chi connectivity index (χ3v) is 4.02. The van der Waals surface area contributed by atoms with Crippen molar-refractivity contribution in [2.24, 2.45) is 11.7 Å². The molecular formula is C13H20N2OS. The van der Waals surface area contributed by atoms with Gasteiger partial charge in [-0.05, 0) is 30.2 Å². The summed E-state index contributed by atoms with van der Waals surface area (Å²) in [6.07, 6.45) is 0. The van der Waals surface area contributed by atoms with Crippen LogP contribution in [0.2, 0.25) is 0 Å². The van der Waals surface area contributed by atoms with E-state index in [-0.39, 0.29) is 5.91 Å². The molecule has 0 aliphatic rings. The zero-order chi connectivity index (χ0) is 12.8. The molecule has 0 fully saturated rings. The van der Waals surface area contributed by atoms with Gasteiger partial charge in [0, 0.05) is 29.3 Å². The zero-order valence-corrected chi connectivity index (χ0v) is 11.4. The van der Waals surface area contributed by atoms with Crippen LogP contribution < -0.4 is 11.1 Å². The van der Waals surface area contributed by atoms with Crippen molar-refractivity contribution in [3.63, 3.8) is 0 Å². The smallest absolute Gasteiger partial charge is 0.221 e. The van der Waals surface area contributed by atoms with Gasteiger partial charge in [-0.2, -0.15) is 0 Å². The Bertz CT molecular complexity index is 362. The minimum Gasteiger partial charge on any atom is -0.329 e. The van der Waals surface area contributed by atoms with E-state index in [0.29, 0.717) is 17.7 Å². The Balaban J connectivity index is 2.64. The Hall–Kier alpha value is -1.00. The van der Waals surface area contributed by atoms with E-state index in [1.807, 2.05) is 24.3 Å². The highest BCUT2D eigenvalue weighted by atomic mass is 32.2. The van der Waals surface area contributed by atoms with E-state index >= 15 is 0 Å². The highest BCUT2D eigenvalue weighted by Crippen LogP contribution is 2.28. The molecule has 1 aromatic rings. The molecule has 1 unspecified atom stereocenters. The molecule has 0 saturated heterocycles. The van der Waals surface area contributed by atoms with Crippen LogP contribution >= 0.6 is 11.8 Å². The van der Waals surface area contributed by atoms with Crippen molar-refractivity contribution in [2.75, 3.05) is 11.9 Å². The van der Waals surface area contributed by atoms with Crippen LogP contribution in [0.15, 0.2) is 29.2 Å². The number of thioether (sulfide) groups is 1. The average Bonchev–Trinajstić information content (AvgIpc) is 2.26. The molecule has 4 heteroatoms. The van der Waals surface area contributed by atoms with Crippen molar-refractivity contribution < 1.29 is 4.79 Å². The van der Waals surface area contributed by atoms with E-state index in [0.717, 1.165) is 5.69 Å². The standard InChI is InChI=1S/C13H20N2OS/c1-9(2)13(8-14)17-12-6-4-11(5-7-12)15-10(3)16/h4-7,9,13H,8,14H2,1-3H3,(H,15,16). The lowest BCUT2D eigenvalue weighted by molar-refractivity contribution is -0.114. The van der Waals surface area contributed by atoms with Crippen LogP contribution in [0.4, 0.5) is 5.69 Å². The number of hydrogen-bond acceptors (Lipinski definition) is 3. The van der Waals surface area contributed by atoms with E-state index < -0.39 is 0 Å². The molecule has 17 heavy (non-hydrogen) atoms. The number of anilines is 1. The lowest BCUT2D eigenvalue weighted by atomic mass is 10.1. The lowest BCUT2D eigenvalue weighted by Gasteiger charge is -2.18. The molecule has 3 N–H and O–H groups in total. The first-order chi connectivity index (χ1) is 8.02. The summed E-state index contributed by atoms with van der Waals surface area (Å²) in [7, 11) is 0. The van der Waals surface area contributed by atoms with Crippen LogP contribution in [0, 0.1) is 5.92 Å². The van der Waals surface area contributed by atoms with Gasteiger partial charge in [-0.25, -0.2) is 0 Å². The van der Waals surface area contributed by atoms with Gasteiger partial charge in [0.25, 0.3) is 0 Å². The molecule has 0 radical (unpaired) electrons. The van der Waals surface area contributed by atoms with Crippen LogP contribution in [0.1, 0.15) is 20.8 Å². The summed E-state index contributed by atoms with van der Waals surface area (Å²) in [4.78, 5) is 12.1. The molecule has 0 aliphatic heterocycles. The fraction of sp³-hybridized carbons (Fsp3) is 0.462. The first kappa shape index (κ1) is 14.1. The quantitative estimate of drug-likeness (QED) is 0.792. The minimum absolute atomic E-state index is 0.0487. The Morgan fingerprint density at radius 1 is 1.35 bits per heavy atom. The predicted octanol–water partition coefficient (Wildman–Crippen LogP) is 2.72. The molecule has 0 bridgehead atoms. The monoisotopic (exact) mass is 252 g/mol. The maximum absolute atomic E-state index is 10.9. The summed E-state index contributed by atoms with van der Waals surface area (Å²) in [5.74, 6) is 0.507. The first-order valence-electron chi connectivity index (χ1n) is 5.77. The number of amides is 1. The van der Waals surface area contributed by atoms with Crippen molar-refractivity contribution in [1.29, 1.82) is 0 Å². The third-order valence-electron chi connectivity index (χ3n) is 2.44. The number of rotatable bonds is 5. The molecule has 1 amide bonds. The maximum atomic E-state index is 10.9. The van der Waals surface area contributed by atoms with Gasteiger partial charge >= 0.3 is 0 Å². The number of benzene rings is 1. The van der Waals surface area contributed by atoms with Gasteiger partial charge < -0.3 is 11.1 Å². The Morgan fingerprint density at radius 2 is 1.94 bits per heavy atom. The molecule has 0 aliphatic carbocycles. The summed E-state index contributed by atoms with van der Waals surface area (Å²) >= 11 is 1.79. The van der Waals surface area contributed by atoms with Gasteiger partial charge in [-0.3, -0.25) is 4.79 Å². The number of carbonyl (C=O) groups excluding carboxylic acids is 1. The molecule has 3 nitrogen and oxygen atoms in total. The fourth-order valence-corrected chi connectivity index (χ4v) is 2.46. The second kappa shape index (κ2) is 6.67. The summed E-state index contributed by atoms with van der Waals surface area (Å²) in [5, 5.41) is 3.18. The van der Waals surface area contributed by atoms with E-state index in [4.69, 9.17) is 5.73 Å². The summed E-state index contributed by atoms with van der Waals surface area (Å²) < 4.78 is 0. The minimum atomic E-state index is -0.0487. The predicted molar refractivity (Wildman–Crippen MR) is 74.3 cm³/mol. The van der Waals surface area contributed by atoms with Crippen LogP contribution in [-0.2, 0) is 4.79 Å². The molecule has 0 heterocycles. The van der Waals surface area contributed by atoms with Gasteiger partial charge in [0.15, 0.2) is 0 Å². The number of nitrogens with one attached hydrogen (secondary N) is 1. The second-order valence-corrected chi connectivity index (χ2v) is 5.65. The largest absolute Gasteiger partial charge is 0.329 e. The summed E-state index contributed by atoms with van der Waals surface area (Å²) in [6.45, 7) is 6.54. The average molecular weight is 252 g/mol. The molecule has 0 saturated carbocycles. The summed E-state index contributed by atoms with van der Waals surface area (Å²) in [5.41, 5.74) is 6.57. The molecule has 1 aromatic carbocycles. The normalized spacial score (nSPS) is 12.5. The zero-order valence-electron chi connectivity index (χ0n) is 10.6. The Morgan fingerprint density at radius 3 is 2.35 bits per heavy atom. The summed E-state index contributed by atoms with van der Waals surface area (Å²) in [6, 6.07) is 7.86. The number of carbonyl (C=O) groups is 1. The van der Waals surface area contributed by atoms with Gasteiger partial charge in [0.1, 0.15) is 0 Å². The van der Waals surface area contributed by atoms with Crippen LogP contribution in [0.25, 0.3) is 0 Å². The highest BCUT2D eigenvalue weighted by molar-refractivity contribution is 8.00. The number of hydrogen-bond donors (Lipinski definition) is 2. The second-order valence-electron chi connectivity index (χ2n) is 4.34. The molecule has 0 spiro atoms. The van der Waals surface area contributed by atoms with Crippen molar-refractivity contribution in [3.05, 3.63) is 24.3 Å². The Kier molecular flexibility index (Phi) is 5.51. The molecule has 94 valence electrons. The van der Waals surface area contributed by atoms with Gasteiger partial charge in [-0.1, -0.05) is 13.8 Å². The third kappa shape index (κ3) is 4.79. The van der Waals surface area contributed by atoms with Gasteiger partial charge in [0.2, 0.25) is 5.91 Å². The Labute approximate surface area is 107 Å². The van der Waals surface area contributed by atoms with E-state index in [1.165, 1.54) is 11.8 Å². The van der Waals surface area contributed by atoms with Crippen LogP contribution in [0.5, 0.6) is 0 Å². The number of nitrogens with two attached hydrogens (primary N) is 1.